The zero-order valence-electron chi connectivity index (χ0n) is 3.72. The first-order chi connectivity index (χ1) is 2.91. The van der Waals surface area contributed by atoms with Crippen molar-refractivity contribution in [1.29, 1.82) is 0 Å². The van der Waals surface area contributed by atoms with Crippen molar-refractivity contribution in [3.63, 3.8) is 0 Å². The average Bonchev–Trinajstić information content (AvgIpc) is 2.11. The van der Waals surface area contributed by atoms with Gasteiger partial charge in [0.2, 0.25) is 6.72 Å². The fraction of sp³-hybridized carbons (Fsp3) is 0.750. The Morgan fingerprint density at radius 1 is 1.33 bits per heavy atom. The van der Waals surface area contributed by atoms with Crippen molar-refractivity contribution in [2.24, 2.45) is 0 Å². The number of hydrogen-bond acceptors (Lipinski definition) is 0. The molecule has 0 aromatic carbocycles. The predicted octanol–water partition coefficient (Wildman–Crippen LogP) is 1.09. The van der Waals surface area contributed by atoms with Gasteiger partial charge in [-0.1, -0.05) is 19.3 Å². The second kappa shape index (κ2) is 4.38. The highest BCUT2D eigenvalue weighted by Gasteiger charge is 1.95. The minimum atomic E-state index is 1.50. The Bertz CT molecular complexity index is 47.8. The van der Waals surface area contributed by atoms with E-state index >= 15 is 0 Å². The van der Waals surface area contributed by atoms with E-state index < -0.39 is 0 Å². The first kappa shape index (κ1) is 5.38. The van der Waals surface area contributed by atoms with E-state index in [9.17, 15) is 0 Å². The fourth-order valence-electron chi connectivity index (χ4n) is 0. The molecule has 0 bridgehead atoms. The monoisotopic (exact) mass is 84.1 g/mol. The first-order valence-corrected chi connectivity index (χ1v) is 2.02. The van der Waals surface area contributed by atoms with Crippen LogP contribution in [-0.4, -0.2) is 11.5 Å². The fourth-order valence-corrected chi connectivity index (χ4v) is 0. The minimum absolute atomic E-state index is 1.50. The summed E-state index contributed by atoms with van der Waals surface area (Å²) in [5, 5.41) is 0. The van der Waals surface area contributed by atoms with Gasteiger partial charge < -0.3 is 5.53 Å². The third-order valence-electron chi connectivity index (χ3n) is 0.354. The lowest BCUT2D eigenvalue weighted by Gasteiger charge is -1.16. The second-order valence-corrected chi connectivity index (χ2v) is 1.20. The standard InChI is InChI=1S/C3H6.CH2N2/c1-2-3-1;1-3-2/h1-3H2;1H2. The van der Waals surface area contributed by atoms with Crippen molar-refractivity contribution in [3.05, 3.63) is 5.53 Å². The van der Waals surface area contributed by atoms with E-state index in [4.69, 9.17) is 5.53 Å². The molecule has 1 aliphatic rings. The molecular weight excluding hydrogens is 76.1 g/mol. The highest BCUT2D eigenvalue weighted by atomic mass is 14.8. The molecule has 2 nitrogen and oxygen atoms in total. The normalized spacial score (nSPS) is 13.3. The SMILES string of the molecule is C1CC1.C=[N+]=[N-]. The van der Waals surface area contributed by atoms with Crippen LogP contribution in [0.2, 0.25) is 0 Å². The zero-order valence-corrected chi connectivity index (χ0v) is 3.72. The highest BCUT2D eigenvalue weighted by Crippen LogP contribution is 2.14. The Kier molecular flexibility index (Phi) is 3.93. The lowest BCUT2D eigenvalue weighted by Crippen LogP contribution is -1.21. The van der Waals surface area contributed by atoms with Crippen LogP contribution in [0, 0.1) is 0 Å². The topological polar surface area (TPSA) is 36.4 Å². The van der Waals surface area contributed by atoms with Gasteiger partial charge in [-0.2, -0.15) is 4.79 Å². The van der Waals surface area contributed by atoms with Gasteiger partial charge in [0.1, 0.15) is 0 Å². The van der Waals surface area contributed by atoms with Crippen molar-refractivity contribution in [2.45, 2.75) is 19.3 Å². The molecule has 0 radical (unpaired) electrons. The van der Waals surface area contributed by atoms with Crippen LogP contribution >= 0.6 is 0 Å². The van der Waals surface area contributed by atoms with Crippen LogP contribution in [0.1, 0.15) is 19.3 Å². The summed E-state index contributed by atoms with van der Waals surface area (Å²) in [5.74, 6) is 0. The van der Waals surface area contributed by atoms with E-state index in [0.717, 1.165) is 0 Å². The molecule has 0 unspecified atom stereocenters. The van der Waals surface area contributed by atoms with Gasteiger partial charge in [-0.25, -0.2) is 0 Å². The van der Waals surface area contributed by atoms with Gasteiger partial charge in [-0.05, 0) is 0 Å². The smallest absolute Gasteiger partial charge is 0.245 e. The Labute approximate surface area is 37.4 Å². The van der Waals surface area contributed by atoms with E-state index in [1.807, 2.05) is 0 Å². The van der Waals surface area contributed by atoms with Gasteiger partial charge in [0.15, 0.2) is 0 Å². The Hall–Kier alpha value is -0.620. The summed E-state index contributed by atoms with van der Waals surface area (Å²) in [6.07, 6.45) is 4.50. The van der Waals surface area contributed by atoms with E-state index in [1.54, 1.807) is 0 Å². The van der Waals surface area contributed by atoms with Crippen molar-refractivity contribution in [3.8, 4) is 0 Å². The predicted molar refractivity (Wildman–Crippen MR) is 24.6 cm³/mol. The maximum absolute atomic E-state index is 7.08. The molecule has 0 saturated heterocycles. The number of hydrogen-bond donors (Lipinski definition) is 0. The third kappa shape index (κ3) is 133. The average molecular weight is 84.1 g/mol. The van der Waals surface area contributed by atoms with Crippen molar-refractivity contribution in [2.75, 3.05) is 0 Å². The first-order valence-electron chi connectivity index (χ1n) is 2.02. The largest absolute Gasteiger partial charge is 0.362 e. The quantitative estimate of drug-likeness (QED) is 0.239. The molecule has 6 heavy (non-hydrogen) atoms. The Morgan fingerprint density at radius 3 is 1.50 bits per heavy atom. The molecule has 0 atom stereocenters. The van der Waals surface area contributed by atoms with Gasteiger partial charge in [-0.3, -0.25) is 0 Å². The molecule has 34 valence electrons. The molecule has 1 saturated carbocycles. The third-order valence-corrected chi connectivity index (χ3v) is 0.354. The molecule has 0 aromatic rings. The van der Waals surface area contributed by atoms with Gasteiger partial charge in [0, 0.05) is 0 Å². The van der Waals surface area contributed by atoms with E-state index in [-0.39, 0.29) is 0 Å². The van der Waals surface area contributed by atoms with Crippen molar-refractivity contribution in [1.82, 2.24) is 0 Å². The zero-order chi connectivity index (χ0) is 4.83. The van der Waals surface area contributed by atoms with Crippen LogP contribution in [0.4, 0.5) is 0 Å². The van der Waals surface area contributed by atoms with Crippen LogP contribution in [0.25, 0.3) is 5.53 Å². The van der Waals surface area contributed by atoms with Crippen LogP contribution < -0.4 is 0 Å². The maximum Gasteiger partial charge on any atom is 0.245 e. The van der Waals surface area contributed by atoms with Gasteiger partial charge >= 0.3 is 0 Å². The van der Waals surface area contributed by atoms with Gasteiger partial charge in [-0.15, -0.1) is 0 Å². The van der Waals surface area contributed by atoms with Gasteiger partial charge in [0.05, 0.1) is 0 Å². The molecule has 1 aliphatic carbocycles. The molecular formula is C4H8N2. The summed E-state index contributed by atoms with van der Waals surface area (Å²) in [6.45, 7) is 2.67. The molecule has 2 heteroatoms. The molecule has 0 heterocycles. The lowest BCUT2D eigenvalue weighted by molar-refractivity contribution is 0.0110. The number of rotatable bonds is 0. The second-order valence-electron chi connectivity index (χ2n) is 1.20. The summed E-state index contributed by atoms with van der Waals surface area (Å²) in [7, 11) is 0. The molecule has 0 amide bonds. The molecule has 1 fully saturated rings. The Morgan fingerprint density at radius 2 is 1.50 bits per heavy atom. The summed E-state index contributed by atoms with van der Waals surface area (Å²) in [4.78, 5) is 2.25. The van der Waals surface area contributed by atoms with E-state index in [0.29, 0.717) is 0 Å². The maximum atomic E-state index is 7.08. The van der Waals surface area contributed by atoms with Crippen LogP contribution in [0.15, 0.2) is 0 Å². The molecule has 0 aliphatic heterocycles. The summed E-state index contributed by atoms with van der Waals surface area (Å²) in [5.41, 5.74) is 7.08. The van der Waals surface area contributed by atoms with Crippen LogP contribution in [0.5, 0.6) is 0 Å². The summed E-state index contributed by atoms with van der Waals surface area (Å²) < 4.78 is 0. The van der Waals surface area contributed by atoms with Crippen molar-refractivity contribution < 1.29 is 4.79 Å². The van der Waals surface area contributed by atoms with Crippen LogP contribution in [0.3, 0.4) is 0 Å². The molecule has 1 rings (SSSR count). The minimum Gasteiger partial charge on any atom is -0.362 e. The highest BCUT2D eigenvalue weighted by molar-refractivity contribution is 5.12. The number of nitrogens with zero attached hydrogens (tertiary/aromatic N) is 2. The van der Waals surface area contributed by atoms with E-state index in [1.165, 1.54) is 19.3 Å². The molecule has 0 aromatic heterocycles. The molecule has 0 N–H and O–H groups in total. The van der Waals surface area contributed by atoms with Gasteiger partial charge in [0.25, 0.3) is 0 Å². The lowest BCUT2D eigenvalue weighted by atomic mass is 11.0. The molecule has 0 spiro atoms. The van der Waals surface area contributed by atoms with Crippen molar-refractivity contribution >= 4 is 6.72 Å². The van der Waals surface area contributed by atoms with E-state index in [2.05, 4.69) is 11.5 Å². The summed E-state index contributed by atoms with van der Waals surface area (Å²) >= 11 is 0. The Balaban J connectivity index is 0.0000000833. The summed E-state index contributed by atoms with van der Waals surface area (Å²) in [6, 6.07) is 0. The van der Waals surface area contributed by atoms with Crippen LogP contribution in [-0.2, 0) is 0 Å².